The normalized spacial score (nSPS) is 13.9. The van der Waals surface area contributed by atoms with Crippen molar-refractivity contribution in [1.29, 1.82) is 0 Å². The largest absolute Gasteiger partial charge is 0.513 e. The first-order chi connectivity index (χ1) is 14.8. The van der Waals surface area contributed by atoms with E-state index in [-0.39, 0.29) is 12.5 Å². The van der Waals surface area contributed by atoms with Gasteiger partial charge in [-0.2, -0.15) is 0 Å². The van der Waals surface area contributed by atoms with Gasteiger partial charge in [0.25, 0.3) is 0 Å². The fourth-order valence-electron chi connectivity index (χ4n) is 4.09. The van der Waals surface area contributed by atoms with Gasteiger partial charge >= 0.3 is 6.16 Å². The number of benzene rings is 2. The Morgan fingerprint density at radius 2 is 1.90 bits per heavy atom. The van der Waals surface area contributed by atoms with Crippen molar-refractivity contribution < 1.29 is 23.8 Å². The van der Waals surface area contributed by atoms with Crippen LogP contribution in [0.25, 0.3) is 0 Å². The fourth-order valence-corrected chi connectivity index (χ4v) is 4.09. The van der Waals surface area contributed by atoms with Crippen LogP contribution in [0.3, 0.4) is 0 Å². The number of ether oxygens (including phenoxy) is 3. The monoisotopic (exact) mass is 426 g/mol. The number of hydrogen-bond acceptors (Lipinski definition) is 6. The zero-order valence-corrected chi connectivity index (χ0v) is 18.6. The molecule has 0 aliphatic carbocycles. The number of rotatable bonds is 6. The van der Waals surface area contributed by atoms with Gasteiger partial charge in [0.1, 0.15) is 11.5 Å². The van der Waals surface area contributed by atoms with E-state index in [1.165, 1.54) is 0 Å². The molecule has 1 aliphatic rings. The first-order valence-corrected chi connectivity index (χ1v) is 10.5. The quantitative estimate of drug-likeness (QED) is 0.559. The van der Waals surface area contributed by atoms with E-state index >= 15 is 0 Å². The van der Waals surface area contributed by atoms with Crippen molar-refractivity contribution in [3.8, 4) is 11.5 Å². The van der Waals surface area contributed by atoms with Crippen molar-refractivity contribution in [2.24, 2.45) is 5.73 Å². The maximum Gasteiger partial charge on any atom is 0.513 e. The van der Waals surface area contributed by atoms with Crippen LogP contribution in [0, 0.1) is 13.8 Å². The molecule has 0 aromatic heterocycles. The Hall–Kier alpha value is -3.06. The molecule has 1 atom stereocenters. The van der Waals surface area contributed by atoms with Crippen LogP contribution in [0.2, 0.25) is 0 Å². The zero-order chi connectivity index (χ0) is 22.5. The minimum atomic E-state index is -0.737. The lowest BCUT2D eigenvalue weighted by atomic mass is 9.94. The smallest absolute Gasteiger partial charge is 0.495 e. The molecular weight excluding hydrogens is 396 g/mol. The summed E-state index contributed by atoms with van der Waals surface area (Å²) in [5.74, 6) is 0.966. The summed E-state index contributed by atoms with van der Waals surface area (Å²) in [6.07, 6.45) is 1.44. The molecule has 2 aromatic rings. The number of aryl methyl sites for hydroxylation is 3. The fraction of sp³-hybridized carbons (Fsp3) is 0.417. The molecule has 166 valence electrons. The number of methoxy groups -OCH3 is 1. The summed E-state index contributed by atoms with van der Waals surface area (Å²) in [7, 11) is 1.61. The predicted octanol–water partition coefficient (Wildman–Crippen LogP) is 3.70. The van der Waals surface area contributed by atoms with Gasteiger partial charge in [-0.25, -0.2) is 4.79 Å². The average molecular weight is 427 g/mol. The highest BCUT2D eigenvalue weighted by Crippen LogP contribution is 2.36. The molecule has 31 heavy (non-hydrogen) atoms. The van der Waals surface area contributed by atoms with Gasteiger partial charge in [-0.05, 0) is 80.5 Å². The number of carbonyl (C=O) groups excluding carboxylic acids is 2. The summed E-state index contributed by atoms with van der Waals surface area (Å²) < 4.78 is 15.5. The van der Waals surface area contributed by atoms with Gasteiger partial charge in [-0.3, -0.25) is 4.79 Å². The molecule has 0 spiro atoms. The first kappa shape index (κ1) is 22.6. The Morgan fingerprint density at radius 3 is 2.55 bits per heavy atom. The molecule has 2 aromatic carbocycles. The number of nitrogens with zero attached hydrogens (tertiary/aromatic N) is 1. The molecule has 0 fully saturated rings. The highest BCUT2D eigenvalue weighted by molar-refractivity contribution is 5.99. The van der Waals surface area contributed by atoms with Crippen molar-refractivity contribution in [2.45, 2.75) is 46.1 Å². The number of amides is 1. The van der Waals surface area contributed by atoms with E-state index in [0.717, 1.165) is 40.8 Å². The lowest BCUT2D eigenvalue weighted by molar-refractivity contribution is -0.119. The summed E-state index contributed by atoms with van der Waals surface area (Å²) in [6, 6.07) is 8.65. The van der Waals surface area contributed by atoms with E-state index in [1.54, 1.807) is 31.1 Å². The third-order valence-corrected chi connectivity index (χ3v) is 5.54. The molecule has 0 radical (unpaired) electrons. The van der Waals surface area contributed by atoms with Gasteiger partial charge in [0.05, 0.1) is 25.4 Å². The average Bonchev–Trinajstić information content (AvgIpc) is 2.74. The van der Waals surface area contributed by atoms with Crippen molar-refractivity contribution in [2.75, 3.05) is 25.2 Å². The van der Waals surface area contributed by atoms with E-state index in [2.05, 4.69) is 0 Å². The van der Waals surface area contributed by atoms with Crippen molar-refractivity contribution in [1.82, 2.24) is 0 Å². The molecule has 1 aliphatic heterocycles. The lowest BCUT2D eigenvalue weighted by Gasteiger charge is -2.32. The van der Waals surface area contributed by atoms with Crippen LogP contribution < -0.4 is 20.1 Å². The Balaban J connectivity index is 1.79. The van der Waals surface area contributed by atoms with Crippen LogP contribution in [-0.2, 0) is 22.4 Å². The minimum Gasteiger partial charge on any atom is -0.495 e. The summed E-state index contributed by atoms with van der Waals surface area (Å²) in [4.78, 5) is 26.6. The number of anilines is 1. The Labute approximate surface area is 183 Å². The van der Waals surface area contributed by atoms with Gasteiger partial charge in [-0.15, -0.1) is 0 Å². The lowest BCUT2D eigenvalue weighted by Crippen LogP contribution is -2.47. The highest BCUT2D eigenvalue weighted by atomic mass is 16.7. The number of nitrogens with two attached hydrogens (primary N) is 1. The maximum atomic E-state index is 13.3. The Bertz CT molecular complexity index is 935. The van der Waals surface area contributed by atoms with Crippen LogP contribution >= 0.6 is 0 Å². The number of para-hydroxylation sites is 1. The molecule has 1 heterocycles. The van der Waals surface area contributed by atoms with E-state index < -0.39 is 12.2 Å². The molecule has 2 N–H and O–H groups in total. The van der Waals surface area contributed by atoms with E-state index in [0.29, 0.717) is 24.5 Å². The summed E-state index contributed by atoms with van der Waals surface area (Å²) in [5.41, 5.74) is 11.1. The molecule has 0 unspecified atom stereocenters. The minimum absolute atomic E-state index is 0.129. The van der Waals surface area contributed by atoms with Gasteiger partial charge in [0, 0.05) is 6.54 Å². The molecule has 0 saturated heterocycles. The Morgan fingerprint density at radius 1 is 1.19 bits per heavy atom. The molecule has 0 saturated carbocycles. The van der Waals surface area contributed by atoms with Crippen molar-refractivity contribution >= 4 is 17.7 Å². The second kappa shape index (κ2) is 9.83. The first-order valence-electron chi connectivity index (χ1n) is 10.5. The summed E-state index contributed by atoms with van der Waals surface area (Å²) in [6.45, 7) is 6.41. The van der Waals surface area contributed by atoms with Crippen LogP contribution in [0.15, 0.2) is 30.3 Å². The van der Waals surface area contributed by atoms with Crippen LogP contribution in [-0.4, -0.2) is 38.4 Å². The third-order valence-electron chi connectivity index (χ3n) is 5.54. The molecule has 1 amide bonds. The van der Waals surface area contributed by atoms with E-state index in [4.69, 9.17) is 19.9 Å². The van der Waals surface area contributed by atoms with Crippen LogP contribution in [0.1, 0.15) is 35.6 Å². The van der Waals surface area contributed by atoms with Crippen molar-refractivity contribution in [3.05, 3.63) is 52.6 Å². The van der Waals surface area contributed by atoms with Gasteiger partial charge in [-0.1, -0.05) is 12.1 Å². The third kappa shape index (κ3) is 4.99. The van der Waals surface area contributed by atoms with Crippen LogP contribution in [0.5, 0.6) is 11.5 Å². The zero-order valence-electron chi connectivity index (χ0n) is 18.6. The topological polar surface area (TPSA) is 91.1 Å². The second-order valence-corrected chi connectivity index (χ2v) is 7.69. The summed E-state index contributed by atoms with van der Waals surface area (Å²) >= 11 is 0. The maximum absolute atomic E-state index is 13.3. The van der Waals surface area contributed by atoms with E-state index in [1.807, 2.05) is 32.0 Å². The van der Waals surface area contributed by atoms with Gasteiger partial charge < -0.3 is 24.8 Å². The van der Waals surface area contributed by atoms with Gasteiger partial charge in [0.15, 0.2) is 0 Å². The second-order valence-electron chi connectivity index (χ2n) is 7.69. The Kier molecular flexibility index (Phi) is 7.17. The van der Waals surface area contributed by atoms with Crippen LogP contribution in [0.4, 0.5) is 10.5 Å². The number of carbonyl (C=O) groups is 2. The number of hydrogen-bond donors (Lipinski definition) is 1. The molecule has 0 bridgehead atoms. The summed E-state index contributed by atoms with van der Waals surface area (Å²) in [5, 5.41) is 0. The number of fused-ring (bicyclic) bond motifs is 1. The van der Waals surface area contributed by atoms with Crippen molar-refractivity contribution in [3.63, 3.8) is 0 Å². The molecule has 7 nitrogen and oxygen atoms in total. The standard InChI is InChI=1S/C24H30N2O5/c1-5-30-24(28)31-18-12-15(2)19(16(3)13-18)14-20(25)23(27)26-11-7-9-17-8-6-10-21(29-4)22(17)26/h6,8,10,12-13,20H,5,7,9,11,14,25H2,1-4H3/t20-/m0/s1. The highest BCUT2D eigenvalue weighted by Gasteiger charge is 2.30. The molecule has 7 heteroatoms. The molecule has 3 rings (SSSR count). The van der Waals surface area contributed by atoms with Gasteiger partial charge in [0.2, 0.25) is 5.91 Å². The predicted molar refractivity (Wildman–Crippen MR) is 119 cm³/mol. The SMILES string of the molecule is CCOC(=O)Oc1cc(C)c(C[C@H](N)C(=O)N2CCCc3cccc(OC)c32)c(C)c1. The van der Waals surface area contributed by atoms with E-state index in [9.17, 15) is 9.59 Å². The molecular formula is C24H30N2O5.